The Morgan fingerprint density at radius 3 is 2.93 bits per heavy atom. The maximum atomic E-state index is 13.5. The van der Waals surface area contributed by atoms with Crippen LogP contribution in [0.1, 0.15) is 10.6 Å². The van der Waals surface area contributed by atoms with Gasteiger partial charge in [-0.2, -0.15) is 4.52 Å². The number of benzene rings is 1. The first kappa shape index (κ1) is 16.7. The molecule has 0 aliphatic rings. The molecule has 3 heterocycles. The zero-order valence-electron chi connectivity index (χ0n) is 14.0. The van der Waals surface area contributed by atoms with Crippen LogP contribution in [-0.4, -0.2) is 38.9 Å². The number of nitrogens with one attached hydrogen (secondary N) is 1. The molecule has 4 aromatic rings. The summed E-state index contributed by atoms with van der Waals surface area (Å²) in [6, 6.07) is 12.6. The lowest BCUT2D eigenvalue weighted by Crippen LogP contribution is -2.27. The third-order valence-corrected chi connectivity index (χ3v) is 3.70. The van der Waals surface area contributed by atoms with Crippen molar-refractivity contribution in [3.8, 4) is 17.3 Å². The Morgan fingerprint density at radius 1 is 1.19 bits per heavy atom. The van der Waals surface area contributed by atoms with Gasteiger partial charge in [0.25, 0.3) is 5.91 Å². The van der Waals surface area contributed by atoms with Crippen LogP contribution in [0.3, 0.4) is 0 Å². The van der Waals surface area contributed by atoms with Crippen LogP contribution in [0, 0.1) is 5.82 Å². The normalized spacial score (nSPS) is 10.9. The van der Waals surface area contributed by atoms with Gasteiger partial charge in [-0.3, -0.25) is 4.79 Å². The average Bonchev–Trinajstić information content (AvgIpc) is 3.34. The van der Waals surface area contributed by atoms with Gasteiger partial charge >= 0.3 is 0 Å². The Morgan fingerprint density at radius 2 is 2.11 bits per heavy atom. The molecule has 8 nitrogen and oxygen atoms in total. The second-order valence-corrected chi connectivity index (χ2v) is 5.56. The highest BCUT2D eigenvalue weighted by molar-refractivity contribution is 5.91. The van der Waals surface area contributed by atoms with Crippen LogP contribution in [-0.2, 0) is 0 Å². The minimum Gasteiger partial charge on any atom is -0.475 e. The lowest BCUT2D eigenvalue weighted by Gasteiger charge is -2.07. The largest absolute Gasteiger partial charge is 0.475 e. The van der Waals surface area contributed by atoms with Crippen molar-refractivity contribution in [1.29, 1.82) is 0 Å². The first-order valence-corrected chi connectivity index (χ1v) is 8.13. The van der Waals surface area contributed by atoms with Crippen LogP contribution in [0.25, 0.3) is 17.0 Å². The molecule has 3 aromatic heterocycles. The fourth-order valence-electron chi connectivity index (χ4n) is 2.47. The number of ether oxygens (including phenoxy) is 1. The first-order chi connectivity index (χ1) is 13.2. The van der Waals surface area contributed by atoms with Crippen LogP contribution in [0.4, 0.5) is 4.39 Å². The second kappa shape index (κ2) is 7.24. The fraction of sp³-hybridized carbons (Fsp3) is 0.111. The molecule has 0 radical (unpaired) electrons. The number of hydrogen-bond donors (Lipinski definition) is 1. The topological polar surface area (TPSA) is 94.5 Å². The van der Waals surface area contributed by atoms with Crippen LogP contribution >= 0.6 is 0 Å². The molecule has 0 aliphatic heterocycles. The second-order valence-electron chi connectivity index (χ2n) is 5.56. The smallest absolute Gasteiger partial charge is 0.287 e. The zero-order valence-corrected chi connectivity index (χ0v) is 14.0. The van der Waals surface area contributed by atoms with E-state index in [4.69, 9.17) is 9.15 Å². The molecule has 0 saturated heterocycles. The van der Waals surface area contributed by atoms with Crippen molar-refractivity contribution >= 4 is 11.6 Å². The van der Waals surface area contributed by atoms with Crippen molar-refractivity contribution in [1.82, 2.24) is 25.1 Å². The Labute approximate surface area is 152 Å². The molecule has 0 aliphatic carbocycles. The molecule has 0 unspecified atom stereocenters. The van der Waals surface area contributed by atoms with Crippen molar-refractivity contribution in [2.45, 2.75) is 0 Å². The zero-order chi connectivity index (χ0) is 18.6. The van der Waals surface area contributed by atoms with Gasteiger partial charge in [-0.05, 0) is 30.3 Å². The summed E-state index contributed by atoms with van der Waals surface area (Å²) in [6.07, 6.45) is 1.43. The minimum absolute atomic E-state index is 0.211. The van der Waals surface area contributed by atoms with Crippen molar-refractivity contribution in [3.05, 3.63) is 66.4 Å². The number of halogens is 1. The lowest BCUT2D eigenvalue weighted by molar-refractivity contribution is 0.0919. The third-order valence-electron chi connectivity index (χ3n) is 3.70. The summed E-state index contributed by atoms with van der Waals surface area (Å²) in [7, 11) is 0. The number of fused-ring (bicyclic) bond motifs is 1. The summed E-state index contributed by atoms with van der Waals surface area (Å²) in [5.74, 6) is 0.273. The number of carbonyl (C=O) groups is 1. The Hall–Kier alpha value is -3.75. The summed E-state index contributed by atoms with van der Waals surface area (Å²) in [5.41, 5.74) is 1.06. The van der Waals surface area contributed by atoms with Gasteiger partial charge in [0.1, 0.15) is 12.4 Å². The summed E-state index contributed by atoms with van der Waals surface area (Å²) in [4.78, 5) is 11.8. The van der Waals surface area contributed by atoms with E-state index in [2.05, 4.69) is 20.6 Å². The molecule has 1 aromatic carbocycles. The van der Waals surface area contributed by atoms with E-state index >= 15 is 0 Å². The number of nitrogens with zero attached hydrogens (tertiary/aromatic N) is 4. The minimum atomic E-state index is -0.371. The predicted octanol–water partition coefficient (Wildman–Crippen LogP) is 2.33. The molecule has 0 spiro atoms. The molecule has 136 valence electrons. The van der Waals surface area contributed by atoms with Gasteiger partial charge in [0.2, 0.25) is 5.88 Å². The summed E-state index contributed by atoms with van der Waals surface area (Å²) < 4.78 is 25.5. The number of amides is 1. The van der Waals surface area contributed by atoms with Gasteiger partial charge in [-0.1, -0.05) is 12.1 Å². The number of rotatable bonds is 6. The molecule has 1 amide bonds. The summed E-state index contributed by atoms with van der Waals surface area (Å²) in [6.45, 7) is 0.487. The van der Waals surface area contributed by atoms with Crippen molar-refractivity contribution < 1.29 is 18.3 Å². The number of furan rings is 1. The fourth-order valence-corrected chi connectivity index (χ4v) is 2.47. The Kier molecular flexibility index (Phi) is 4.48. The van der Waals surface area contributed by atoms with E-state index in [0.717, 1.165) is 0 Å². The molecule has 0 saturated carbocycles. The van der Waals surface area contributed by atoms with Crippen LogP contribution in [0.2, 0.25) is 0 Å². The van der Waals surface area contributed by atoms with Crippen molar-refractivity contribution in [3.63, 3.8) is 0 Å². The van der Waals surface area contributed by atoms with E-state index in [-0.39, 0.29) is 30.6 Å². The molecule has 4 rings (SSSR count). The molecular formula is C18H14FN5O3. The van der Waals surface area contributed by atoms with E-state index in [1.165, 1.54) is 22.9 Å². The number of aromatic nitrogens is 4. The molecule has 0 atom stereocenters. The van der Waals surface area contributed by atoms with Crippen LogP contribution in [0.15, 0.2) is 59.2 Å². The summed E-state index contributed by atoms with van der Waals surface area (Å²) >= 11 is 0. The molecular weight excluding hydrogens is 353 g/mol. The van der Waals surface area contributed by atoms with E-state index < -0.39 is 0 Å². The Balaban J connectivity index is 1.44. The molecule has 0 fully saturated rings. The van der Waals surface area contributed by atoms with Gasteiger partial charge in [0.15, 0.2) is 17.2 Å². The maximum Gasteiger partial charge on any atom is 0.287 e. The van der Waals surface area contributed by atoms with Gasteiger partial charge in [0, 0.05) is 11.6 Å². The highest BCUT2D eigenvalue weighted by Crippen LogP contribution is 2.19. The lowest BCUT2D eigenvalue weighted by atomic mass is 10.2. The number of hydrogen-bond acceptors (Lipinski definition) is 6. The van der Waals surface area contributed by atoms with E-state index in [9.17, 15) is 9.18 Å². The van der Waals surface area contributed by atoms with Gasteiger partial charge in [-0.15, -0.1) is 15.3 Å². The highest BCUT2D eigenvalue weighted by Gasteiger charge is 2.11. The molecule has 1 N–H and O–H groups in total. The maximum absolute atomic E-state index is 13.5. The van der Waals surface area contributed by atoms with Crippen molar-refractivity contribution in [2.75, 3.05) is 13.2 Å². The van der Waals surface area contributed by atoms with E-state index in [1.807, 2.05) is 0 Å². The number of carbonyl (C=O) groups excluding carboxylic acids is 1. The molecule has 9 heteroatoms. The SMILES string of the molecule is O=C(NCCOc1ccc2nnc(-c3cccc(F)c3)n2n1)c1ccco1. The van der Waals surface area contributed by atoms with E-state index in [0.29, 0.717) is 22.9 Å². The molecule has 27 heavy (non-hydrogen) atoms. The standard InChI is InChI=1S/C18H14FN5O3/c19-13-4-1-3-12(11-13)17-22-21-15-6-7-16(23-24(15)17)27-10-8-20-18(25)14-5-2-9-26-14/h1-7,9,11H,8,10H2,(H,20,25). The summed E-state index contributed by atoms with van der Waals surface area (Å²) in [5, 5.41) is 15.1. The first-order valence-electron chi connectivity index (χ1n) is 8.13. The quantitative estimate of drug-likeness (QED) is 0.526. The predicted molar refractivity (Wildman–Crippen MR) is 92.7 cm³/mol. The molecule has 0 bridgehead atoms. The van der Waals surface area contributed by atoms with Crippen molar-refractivity contribution in [2.24, 2.45) is 0 Å². The van der Waals surface area contributed by atoms with Gasteiger partial charge in [0.05, 0.1) is 12.8 Å². The third kappa shape index (κ3) is 3.61. The van der Waals surface area contributed by atoms with Crippen LogP contribution in [0.5, 0.6) is 5.88 Å². The highest BCUT2D eigenvalue weighted by atomic mass is 19.1. The monoisotopic (exact) mass is 367 g/mol. The van der Waals surface area contributed by atoms with Gasteiger partial charge in [-0.25, -0.2) is 4.39 Å². The Bertz CT molecular complexity index is 1080. The van der Waals surface area contributed by atoms with Gasteiger partial charge < -0.3 is 14.5 Å². The van der Waals surface area contributed by atoms with E-state index in [1.54, 1.807) is 36.4 Å². The average molecular weight is 367 g/mol. The van der Waals surface area contributed by atoms with Crippen LogP contribution < -0.4 is 10.1 Å².